The second-order valence-electron chi connectivity index (χ2n) is 8.70. The van der Waals surface area contributed by atoms with Crippen LogP contribution in [0.1, 0.15) is 30.0 Å². The number of sulfonamides is 1. The number of hydrogen-bond donors (Lipinski definition) is 0. The first kappa shape index (κ1) is 22.6. The van der Waals surface area contributed by atoms with Crippen molar-refractivity contribution < 1.29 is 12.8 Å². The number of imidazole rings is 1. The van der Waals surface area contributed by atoms with Gasteiger partial charge in [0.2, 0.25) is 10.0 Å². The van der Waals surface area contributed by atoms with E-state index in [9.17, 15) is 17.6 Å². The third kappa shape index (κ3) is 3.98. The molecule has 0 N–H and O–H groups in total. The molecule has 0 saturated carbocycles. The molecule has 1 aliphatic heterocycles. The summed E-state index contributed by atoms with van der Waals surface area (Å²) in [5.41, 5.74) is 2.87. The number of rotatable bonds is 5. The minimum atomic E-state index is -3.93. The molecule has 1 aromatic carbocycles. The minimum absolute atomic E-state index is 0.166. The van der Waals surface area contributed by atoms with Gasteiger partial charge in [-0.1, -0.05) is 6.07 Å². The summed E-state index contributed by atoms with van der Waals surface area (Å²) in [6, 6.07) is 5.93. The summed E-state index contributed by atoms with van der Waals surface area (Å²) in [6.07, 6.45) is 2.68. The normalized spacial score (nSPS) is 16.3. The Bertz CT molecular complexity index is 1320. The van der Waals surface area contributed by atoms with Crippen LogP contribution in [-0.2, 0) is 23.6 Å². The lowest BCUT2D eigenvalue weighted by Gasteiger charge is -2.31. The lowest BCUT2D eigenvalue weighted by Crippen LogP contribution is -2.41. The van der Waals surface area contributed by atoms with E-state index in [1.165, 1.54) is 16.4 Å². The zero-order valence-electron chi connectivity index (χ0n) is 18.7. The second kappa shape index (κ2) is 8.42. The summed E-state index contributed by atoms with van der Waals surface area (Å²) < 4.78 is 44.8. The molecule has 1 saturated heterocycles. The monoisotopic (exact) mass is 461 g/mol. The Morgan fingerprint density at radius 2 is 1.88 bits per heavy atom. The Labute approximate surface area is 186 Å². The maximum absolute atomic E-state index is 14.3. The number of fused-ring (bicyclic) bond motifs is 1. The van der Waals surface area contributed by atoms with E-state index in [1.54, 1.807) is 35.4 Å². The summed E-state index contributed by atoms with van der Waals surface area (Å²) in [6.45, 7) is 2.85. The van der Waals surface area contributed by atoms with Gasteiger partial charge in [0.15, 0.2) is 5.65 Å². The molecule has 8 nitrogen and oxygen atoms in total. The average Bonchev–Trinajstić information content (AvgIpc) is 2.97. The van der Waals surface area contributed by atoms with Crippen molar-refractivity contribution in [3.05, 3.63) is 57.9 Å². The zero-order valence-corrected chi connectivity index (χ0v) is 19.6. The number of benzene rings is 1. The fourth-order valence-corrected chi connectivity index (χ4v) is 5.87. The molecule has 0 spiro atoms. The topological polar surface area (TPSA) is 80.4 Å². The van der Waals surface area contributed by atoms with Gasteiger partial charge in [-0.05, 0) is 63.2 Å². The average molecular weight is 462 g/mol. The zero-order chi connectivity index (χ0) is 23.2. The highest BCUT2D eigenvalue weighted by atomic mass is 32.2. The number of aryl methyl sites for hydroxylation is 2. The fourth-order valence-electron chi connectivity index (χ4n) is 4.35. The lowest BCUT2D eigenvalue weighted by molar-refractivity contribution is 0.272. The molecular weight excluding hydrogens is 433 g/mol. The van der Waals surface area contributed by atoms with E-state index in [0.29, 0.717) is 30.6 Å². The highest BCUT2D eigenvalue weighted by Gasteiger charge is 2.33. The molecule has 1 fully saturated rings. The Morgan fingerprint density at radius 3 is 2.50 bits per heavy atom. The van der Waals surface area contributed by atoms with Crippen LogP contribution in [0.3, 0.4) is 0 Å². The second-order valence-corrected chi connectivity index (χ2v) is 10.6. The van der Waals surface area contributed by atoms with E-state index in [1.807, 2.05) is 25.1 Å². The van der Waals surface area contributed by atoms with Gasteiger partial charge >= 0.3 is 5.69 Å². The van der Waals surface area contributed by atoms with Crippen molar-refractivity contribution in [2.75, 3.05) is 27.2 Å². The van der Waals surface area contributed by atoms with Crippen molar-refractivity contribution in [2.45, 2.75) is 37.2 Å². The molecule has 0 bridgehead atoms. The molecule has 10 heteroatoms. The van der Waals surface area contributed by atoms with Gasteiger partial charge in [0, 0.05) is 38.9 Å². The van der Waals surface area contributed by atoms with Crippen molar-refractivity contribution in [2.24, 2.45) is 7.05 Å². The molecule has 0 aliphatic carbocycles. The minimum Gasteiger partial charge on any atom is -0.305 e. The first-order chi connectivity index (χ1) is 15.1. The third-order valence-electron chi connectivity index (χ3n) is 5.98. The number of pyridine rings is 1. The van der Waals surface area contributed by atoms with E-state index in [2.05, 4.69) is 4.98 Å². The fraction of sp³-hybridized carbons (Fsp3) is 0.455. The molecule has 4 rings (SSSR count). The van der Waals surface area contributed by atoms with Crippen LogP contribution >= 0.6 is 0 Å². The number of piperidine rings is 1. The maximum Gasteiger partial charge on any atom is 0.330 e. The summed E-state index contributed by atoms with van der Waals surface area (Å²) in [7, 11) is 1.73. The summed E-state index contributed by atoms with van der Waals surface area (Å²) >= 11 is 0. The van der Waals surface area contributed by atoms with Gasteiger partial charge in [-0.2, -0.15) is 4.31 Å². The third-order valence-corrected chi connectivity index (χ3v) is 7.91. The molecule has 32 heavy (non-hydrogen) atoms. The molecule has 3 heterocycles. The number of hydrogen-bond acceptors (Lipinski definition) is 5. The van der Waals surface area contributed by atoms with E-state index >= 15 is 0 Å². The van der Waals surface area contributed by atoms with Gasteiger partial charge in [0.25, 0.3) is 0 Å². The molecule has 3 aromatic rings. The van der Waals surface area contributed by atoms with Crippen molar-refractivity contribution in [3.63, 3.8) is 0 Å². The first-order valence-electron chi connectivity index (χ1n) is 10.6. The Kier molecular flexibility index (Phi) is 5.95. The first-order valence-corrected chi connectivity index (χ1v) is 12.0. The molecule has 0 atom stereocenters. The molecule has 0 unspecified atom stereocenters. The van der Waals surface area contributed by atoms with Gasteiger partial charge in [-0.3, -0.25) is 9.13 Å². The summed E-state index contributed by atoms with van der Waals surface area (Å²) in [5.74, 6) is -0.741. The highest BCUT2D eigenvalue weighted by Crippen LogP contribution is 2.29. The van der Waals surface area contributed by atoms with Crippen LogP contribution in [0.25, 0.3) is 11.2 Å². The Morgan fingerprint density at radius 1 is 1.19 bits per heavy atom. The lowest BCUT2D eigenvalue weighted by atomic mass is 10.1. The van der Waals surface area contributed by atoms with Gasteiger partial charge in [0.05, 0.1) is 5.52 Å². The molecule has 1 aliphatic rings. The van der Waals surface area contributed by atoms with Gasteiger partial charge < -0.3 is 4.90 Å². The van der Waals surface area contributed by atoms with Crippen LogP contribution in [0.2, 0.25) is 0 Å². The molecule has 0 amide bonds. The molecule has 2 aromatic heterocycles. The van der Waals surface area contributed by atoms with E-state index in [-0.39, 0.29) is 29.7 Å². The largest absolute Gasteiger partial charge is 0.330 e. The standard InChI is InChI=1S/C22H28FN5O3S/c1-15-5-6-20(18(23)11-15)32(30,31)27-9-7-17(8-10-27)28-21-19(26(4)22(28)29)12-16(13-24-21)14-25(2)3/h5-6,11-13,17H,7-10,14H2,1-4H3. The predicted molar refractivity (Wildman–Crippen MR) is 121 cm³/mol. The van der Waals surface area contributed by atoms with Crippen molar-refractivity contribution in [1.29, 1.82) is 0 Å². The van der Waals surface area contributed by atoms with Gasteiger partial charge in [-0.15, -0.1) is 0 Å². The van der Waals surface area contributed by atoms with Crippen LogP contribution in [0, 0.1) is 12.7 Å². The van der Waals surface area contributed by atoms with E-state index in [0.717, 1.165) is 11.1 Å². The molecular formula is C22H28FN5O3S. The SMILES string of the molecule is Cc1ccc(S(=O)(=O)N2CCC(n3c(=O)n(C)c4cc(CN(C)C)cnc43)CC2)c(F)c1. The van der Waals surface area contributed by atoms with Crippen LogP contribution in [-0.4, -0.2) is 58.9 Å². The number of nitrogens with zero attached hydrogens (tertiary/aromatic N) is 5. The van der Waals surface area contributed by atoms with Crippen LogP contribution in [0.4, 0.5) is 4.39 Å². The summed E-state index contributed by atoms with van der Waals surface area (Å²) in [5, 5.41) is 0. The number of halogens is 1. The molecule has 0 radical (unpaired) electrons. The Balaban J connectivity index is 1.59. The van der Waals surface area contributed by atoms with E-state index < -0.39 is 15.8 Å². The summed E-state index contributed by atoms with van der Waals surface area (Å²) in [4.78, 5) is 19.3. The van der Waals surface area contributed by atoms with Gasteiger partial charge in [-0.25, -0.2) is 22.6 Å². The van der Waals surface area contributed by atoms with E-state index in [4.69, 9.17) is 0 Å². The number of aromatic nitrogens is 3. The molecule has 172 valence electrons. The quantitative estimate of drug-likeness (QED) is 0.582. The van der Waals surface area contributed by atoms with Gasteiger partial charge in [0.1, 0.15) is 10.7 Å². The van der Waals surface area contributed by atoms with Crippen LogP contribution in [0.5, 0.6) is 0 Å². The van der Waals surface area contributed by atoms with Crippen molar-refractivity contribution in [1.82, 2.24) is 23.3 Å². The highest BCUT2D eigenvalue weighted by molar-refractivity contribution is 7.89. The Hall–Kier alpha value is -2.56. The predicted octanol–water partition coefficient (Wildman–Crippen LogP) is 2.27. The van der Waals surface area contributed by atoms with Crippen LogP contribution < -0.4 is 5.69 Å². The maximum atomic E-state index is 14.3. The van der Waals surface area contributed by atoms with Crippen LogP contribution in [0.15, 0.2) is 40.2 Å². The van der Waals surface area contributed by atoms with Crippen molar-refractivity contribution in [3.8, 4) is 0 Å². The smallest absolute Gasteiger partial charge is 0.305 e. The van der Waals surface area contributed by atoms with Crippen molar-refractivity contribution >= 4 is 21.2 Å².